The van der Waals surface area contributed by atoms with Crippen LogP contribution in [0.3, 0.4) is 0 Å². The molecular formula is C12H9Cl2N3O. The molecule has 6 heteroatoms. The zero-order valence-electron chi connectivity index (χ0n) is 9.47. The maximum absolute atomic E-state index is 12.2. The number of anilines is 1. The summed E-state index contributed by atoms with van der Waals surface area (Å²) < 4.78 is 0. The second-order valence-electron chi connectivity index (χ2n) is 3.53. The lowest BCUT2D eigenvalue weighted by Gasteiger charge is -2.18. The number of hydrogen-bond donors (Lipinski definition) is 0. The standard InChI is InChI=1S/C12H9Cl2N3O/c1-17(9-10(13)15-7-16-11(9)14)12(18)8-5-3-2-4-6-8/h2-7H,1H3. The molecule has 2 rings (SSSR count). The summed E-state index contributed by atoms with van der Waals surface area (Å²) in [5.74, 6) is -0.228. The Balaban J connectivity index is 2.38. The maximum atomic E-state index is 12.2. The third-order valence-electron chi connectivity index (χ3n) is 2.39. The van der Waals surface area contributed by atoms with E-state index in [9.17, 15) is 4.79 Å². The van der Waals surface area contributed by atoms with Crippen LogP contribution >= 0.6 is 23.2 Å². The Morgan fingerprint density at radius 2 is 1.67 bits per heavy atom. The summed E-state index contributed by atoms with van der Waals surface area (Å²) in [5.41, 5.74) is 0.839. The Morgan fingerprint density at radius 3 is 2.22 bits per heavy atom. The van der Waals surface area contributed by atoms with Crippen LogP contribution in [0.15, 0.2) is 36.7 Å². The van der Waals surface area contributed by atoms with Crippen LogP contribution < -0.4 is 4.90 Å². The van der Waals surface area contributed by atoms with Gasteiger partial charge in [-0.1, -0.05) is 41.4 Å². The van der Waals surface area contributed by atoms with Crippen LogP contribution in [-0.4, -0.2) is 22.9 Å². The molecule has 0 aliphatic carbocycles. The van der Waals surface area contributed by atoms with Gasteiger partial charge < -0.3 is 4.90 Å². The van der Waals surface area contributed by atoms with E-state index in [1.807, 2.05) is 6.07 Å². The number of aromatic nitrogens is 2. The minimum atomic E-state index is -0.228. The van der Waals surface area contributed by atoms with Crippen LogP contribution in [0.1, 0.15) is 10.4 Å². The van der Waals surface area contributed by atoms with Gasteiger partial charge in [0, 0.05) is 12.6 Å². The van der Waals surface area contributed by atoms with Crippen LogP contribution in [0, 0.1) is 0 Å². The number of carbonyl (C=O) groups excluding carboxylic acids is 1. The van der Waals surface area contributed by atoms with E-state index in [0.717, 1.165) is 0 Å². The lowest BCUT2D eigenvalue weighted by Crippen LogP contribution is -2.27. The van der Waals surface area contributed by atoms with E-state index in [-0.39, 0.29) is 16.2 Å². The molecule has 0 aliphatic rings. The molecule has 4 nitrogen and oxygen atoms in total. The molecule has 0 bridgehead atoms. The van der Waals surface area contributed by atoms with E-state index in [1.165, 1.54) is 11.2 Å². The van der Waals surface area contributed by atoms with Crippen molar-refractivity contribution >= 4 is 34.8 Å². The molecule has 1 amide bonds. The number of amides is 1. The average molecular weight is 282 g/mol. The topological polar surface area (TPSA) is 46.1 Å². The van der Waals surface area contributed by atoms with E-state index < -0.39 is 0 Å². The Bertz CT molecular complexity index is 555. The number of hydrogen-bond acceptors (Lipinski definition) is 3. The van der Waals surface area contributed by atoms with Gasteiger partial charge >= 0.3 is 0 Å². The largest absolute Gasteiger partial charge is 0.306 e. The molecule has 2 aromatic rings. The van der Waals surface area contributed by atoms with Crippen molar-refractivity contribution in [2.24, 2.45) is 0 Å². The summed E-state index contributed by atoms with van der Waals surface area (Å²) in [4.78, 5) is 21.2. The van der Waals surface area contributed by atoms with Gasteiger partial charge in [-0.2, -0.15) is 0 Å². The fourth-order valence-electron chi connectivity index (χ4n) is 1.49. The van der Waals surface area contributed by atoms with Crippen LogP contribution in [0.2, 0.25) is 10.3 Å². The van der Waals surface area contributed by atoms with Crippen molar-refractivity contribution in [3.63, 3.8) is 0 Å². The van der Waals surface area contributed by atoms with E-state index in [1.54, 1.807) is 31.3 Å². The van der Waals surface area contributed by atoms with Crippen molar-refractivity contribution < 1.29 is 4.79 Å². The Labute approximate surface area is 114 Å². The first-order valence-corrected chi connectivity index (χ1v) is 5.86. The SMILES string of the molecule is CN(C(=O)c1ccccc1)c1c(Cl)ncnc1Cl. The Morgan fingerprint density at radius 1 is 1.11 bits per heavy atom. The normalized spacial score (nSPS) is 10.2. The molecule has 0 saturated carbocycles. The molecule has 92 valence electrons. The number of benzene rings is 1. The third-order valence-corrected chi connectivity index (χ3v) is 2.95. The van der Waals surface area contributed by atoms with Crippen LogP contribution in [-0.2, 0) is 0 Å². The summed E-state index contributed by atoms with van der Waals surface area (Å²) in [5, 5.41) is 0.281. The van der Waals surface area contributed by atoms with Crippen molar-refractivity contribution in [1.29, 1.82) is 0 Å². The number of rotatable bonds is 2. The van der Waals surface area contributed by atoms with Gasteiger partial charge in [0.1, 0.15) is 12.0 Å². The van der Waals surface area contributed by atoms with Crippen molar-refractivity contribution in [1.82, 2.24) is 9.97 Å². The first-order chi connectivity index (χ1) is 8.61. The Kier molecular flexibility index (Phi) is 3.79. The molecule has 0 unspecified atom stereocenters. The summed E-state index contributed by atoms with van der Waals surface area (Å²) >= 11 is 11.9. The van der Waals surface area contributed by atoms with E-state index in [2.05, 4.69) is 9.97 Å². The highest BCUT2D eigenvalue weighted by atomic mass is 35.5. The first-order valence-electron chi connectivity index (χ1n) is 5.10. The predicted molar refractivity (Wildman–Crippen MR) is 71.2 cm³/mol. The van der Waals surface area contributed by atoms with Gasteiger partial charge in [-0.15, -0.1) is 0 Å². The van der Waals surface area contributed by atoms with Crippen LogP contribution in [0.25, 0.3) is 0 Å². The summed E-state index contributed by atoms with van der Waals surface area (Å²) in [6.07, 6.45) is 1.25. The van der Waals surface area contributed by atoms with E-state index >= 15 is 0 Å². The highest BCUT2D eigenvalue weighted by molar-refractivity contribution is 6.38. The first kappa shape index (κ1) is 12.8. The smallest absolute Gasteiger partial charge is 0.258 e. The molecule has 1 heterocycles. The number of carbonyl (C=O) groups is 1. The molecule has 0 saturated heterocycles. The summed E-state index contributed by atoms with van der Waals surface area (Å²) in [6.45, 7) is 0. The molecule has 0 aliphatic heterocycles. The van der Waals surface area contributed by atoms with Gasteiger partial charge in [0.2, 0.25) is 0 Å². The molecule has 0 N–H and O–H groups in total. The van der Waals surface area contributed by atoms with Gasteiger partial charge in [0.05, 0.1) is 0 Å². The van der Waals surface area contributed by atoms with Gasteiger partial charge in [0.25, 0.3) is 5.91 Å². The lowest BCUT2D eigenvalue weighted by atomic mass is 10.2. The van der Waals surface area contributed by atoms with Crippen molar-refractivity contribution in [2.45, 2.75) is 0 Å². The van der Waals surface area contributed by atoms with Gasteiger partial charge in [-0.3, -0.25) is 4.79 Å². The lowest BCUT2D eigenvalue weighted by molar-refractivity contribution is 0.0993. The van der Waals surface area contributed by atoms with E-state index in [4.69, 9.17) is 23.2 Å². The summed E-state index contributed by atoms with van der Waals surface area (Å²) in [7, 11) is 1.58. The van der Waals surface area contributed by atoms with E-state index in [0.29, 0.717) is 11.3 Å². The number of halogens is 2. The maximum Gasteiger partial charge on any atom is 0.258 e. The summed E-state index contributed by atoms with van der Waals surface area (Å²) in [6, 6.07) is 8.83. The van der Waals surface area contributed by atoms with Crippen LogP contribution in [0.5, 0.6) is 0 Å². The quantitative estimate of drug-likeness (QED) is 0.795. The molecule has 0 radical (unpaired) electrons. The highest BCUT2D eigenvalue weighted by Crippen LogP contribution is 2.29. The molecule has 0 atom stereocenters. The van der Waals surface area contributed by atoms with Crippen LogP contribution in [0.4, 0.5) is 5.69 Å². The molecule has 1 aromatic carbocycles. The Hall–Kier alpha value is -1.65. The second kappa shape index (κ2) is 5.33. The third kappa shape index (κ3) is 2.44. The van der Waals surface area contributed by atoms with Gasteiger partial charge in [0.15, 0.2) is 10.3 Å². The zero-order chi connectivity index (χ0) is 13.1. The van der Waals surface area contributed by atoms with Gasteiger partial charge in [-0.05, 0) is 12.1 Å². The molecule has 1 aromatic heterocycles. The van der Waals surface area contributed by atoms with Crippen molar-refractivity contribution in [2.75, 3.05) is 11.9 Å². The second-order valence-corrected chi connectivity index (χ2v) is 4.25. The molecule has 18 heavy (non-hydrogen) atoms. The fourth-order valence-corrected chi connectivity index (χ4v) is 2.06. The highest BCUT2D eigenvalue weighted by Gasteiger charge is 2.19. The minimum Gasteiger partial charge on any atom is -0.306 e. The van der Waals surface area contributed by atoms with Gasteiger partial charge in [-0.25, -0.2) is 9.97 Å². The number of nitrogens with zero attached hydrogens (tertiary/aromatic N) is 3. The average Bonchev–Trinajstić information content (AvgIpc) is 2.38. The molecule has 0 spiro atoms. The fraction of sp³-hybridized carbons (Fsp3) is 0.0833. The molecular weight excluding hydrogens is 273 g/mol. The monoisotopic (exact) mass is 281 g/mol. The minimum absolute atomic E-state index is 0.141. The molecule has 0 fully saturated rings. The van der Waals surface area contributed by atoms with Crippen molar-refractivity contribution in [3.05, 3.63) is 52.5 Å². The zero-order valence-corrected chi connectivity index (χ0v) is 11.0. The van der Waals surface area contributed by atoms with Crippen molar-refractivity contribution in [3.8, 4) is 0 Å². The predicted octanol–water partition coefficient (Wildman–Crippen LogP) is 3.06.